The Bertz CT molecular complexity index is 301. The second kappa shape index (κ2) is 6.06. The largest absolute Gasteiger partial charge is 0.463 e. The molecule has 0 spiro atoms. The van der Waals surface area contributed by atoms with Gasteiger partial charge in [-0.3, -0.25) is 0 Å². The van der Waals surface area contributed by atoms with Gasteiger partial charge in [0.1, 0.15) is 11.5 Å². The Balaban J connectivity index is 1.77. The highest BCUT2D eigenvalue weighted by Gasteiger charge is 2.11. The summed E-state index contributed by atoms with van der Waals surface area (Å²) in [6.45, 7) is 1.33. The van der Waals surface area contributed by atoms with E-state index in [4.69, 9.17) is 10.2 Å². The summed E-state index contributed by atoms with van der Waals surface area (Å²) in [5, 5.41) is 3.58. The molecule has 2 rings (SSSR count). The molecule has 1 aromatic heterocycles. The van der Waals surface area contributed by atoms with Crippen molar-refractivity contribution in [2.24, 2.45) is 5.73 Å². The maximum atomic E-state index is 5.57. The first-order chi connectivity index (χ1) is 7.88. The van der Waals surface area contributed by atoms with Gasteiger partial charge >= 0.3 is 0 Å². The molecular formula is C13H22N2O. The average Bonchev–Trinajstić information content (AvgIpc) is 2.61. The molecule has 0 atom stereocenters. The minimum absolute atomic E-state index is 0.490. The Labute approximate surface area is 97.4 Å². The number of hydrogen-bond donors (Lipinski definition) is 2. The van der Waals surface area contributed by atoms with Crippen LogP contribution in [0.25, 0.3) is 0 Å². The normalized spacial score (nSPS) is 18.6. The van der Waals surface area contributed by atoms with Gasteiger partial charge in [-0.1, -0.05) is 25.7 Å². The van der Waals surface area contributed by atoms with Crippen molar-refractivity contribution in [2.45, 2.75) is 57.7 Å². The maximum absolute atomic E-state index is 5.57. The molecule has 1 aromatic rings. The molecule has 3 N–H and O–H groups in total. The van der Waals surface area contributed by atoms with Gasteiger partial charge in [-0.2, -0.15) is 0 Å². The van der Waals surface area contributed by atoms with Crippen LogP contribution < -0.4 is 11.1 Å². The summed E-state index contributed by atoms with van der Waals surface area (Å²) in [7, 11) is 0. The second-order valence-electron chi connectivity index (χ2n) is 4.64. The summed E-state index contributed by atoms with van der Waals surface area (Å²) in [4.78, 5) is 0. The highest BCUT2D eigenvalue weighted by Crippen LogP contribution is 2.17. The molecule has 0 amide bonds. The number of nitrogens with two attached hydrogens (primary N) is 1. The summed E-state index contributed by atoms with van der Waals surface area (Å²) in [6.07, 6.45) is 8.15. The van der Waals surface area contributed by atoms with Crippen molar-refractivity contribution in [3.63, 3.8) is 0 Å². The van der Waals surface area contributed by atoms with Gasteiger partial charge in [-0.05, 0) is 25.0 Å². The molecule has 3 nitrogen and oxygen atoms in total. The predicted octanol–water partition coefficient (Wildman–Crippen LogP) is 2.55. The lowest BCUT2D eigenvalue weighted by Crippen LogP contribution is -2.27. The number of nitrogens with one attached hydrogen (secondary N) is 1. The molecule has 0 unspecified atom stereocenters. The van der Waals surface area contributed by atoms with E-state index >= 15 is 0 Å². The summed E-state index contributed by atoms with van der Waals surface area (Å²) < 4.78 is 5.57. The number of hydrogen-bond acceptors (Lipinski definition) is 3. The van der Waals surface area contributed by atoms with E-state index in [2.05, 4.69) is 5.32 Å². The molecule has 1 aliphatic rings. The first-order valence-electron chi connectivity index (χ1n) is 6.39. The topological polar surface area (TPSA) is 51.2 Å². The van der Waals surface area contributed by atoms with Crippen molar-refractivity contribution in [3.05, 3.63) is 23.7 Å². The van der Waals surface area contributed by atoms with Crippen molar-refractivity contribution in [2.75, 3.05) is 0 Å². The standard InChI is InChI=1S/C13H22N2O/c14-9-12-7-8-13(16-12)10-15-11-5-3-1-2-4-6-11/h7-8,11,15H,1-6,9-10,14H2. The predicted molar refractivity (Wildman–Crippen MR) is 64.9 cm³/mol. The molecule has 0 saturated heterocycles. The quantitative estimate of drug-likeness (QED) is 0.770. The number of rotatable bonds is 4. The molecule has 90 valence electrons. The molecule has 0 aliphatic heterocycles. The fourth-order valence-corrected chi connectivity index (χ4v) is 2.36. The summed E-state index contributed by atoms with van der Waals surface area (Å²) in [5.41, 5.74) is 5.51. The zero-order chi connectivity index (χ0) is 11.2. The molecule has 1 aliphatic carbocycles. The summed E-state index contributed by atoms with van der Waals surface area (Å²) in [6, 6.07) is 4.66. The highest BCUT2D eigenvalue weighted by atomic mass is 16.3. The smallest absolute Gasteiger partial charge is 0.118 e. The van der Waals surface area contributed by atoms with Crippen LogP contribution >= 0.6 is 0 Å². The lowest BCUT2D eigenvalue weighted by atomic mass is 10.1. The van der Waals surface area contributed by atoms with E-state index in [0.29, 0.717) is 12.6 Å². The van der Waals surface area contributed by atoms with Crippen molar-refractivity contribution >= 4 is 0 Å². The molecule has 1 saturated carbocycles. The van der Waals surface area contributed by atoms with Crippen LogP contribution in [0.5, 0.6) is 0 Å². The highest BCUT2D eigenvalue weighted by molar-refractivity contribution is 5.06. The molecular weight excluding hydrogens is 200 g/mol. The Morgan fingerprint density at radius 2 is 1.81 bits per heavy atom. The van der Waals surface area contributed by atoms with Gasteiger partial charge in [0.2, 0.25) is 0 Å². The van der Waals surface area contributed by atoms with Crippen LogP contribution in [-0.4, -0.2) is 6.04 Å². The van der Waals surface area contributed by atoms with Crippen LogP contribution in [0.2, 0.25) is 0 Å². The first kappa shape index (κ1) is 11.7. The molecule has 1 heterocycles. The third-order valence-corrected chi connectivity index (χ3v) is 3.34. The fraction of sp³-hybridized carbons (Fsp3) is 0.692. The maximum Gasteiger partial charge on any atom is 0.118 e. The average molecular weight is 222 g/mol. The lowest BCUT2D eigenvalue weighted by Gasteiger charge is -2.14. The van der Waals surface area contributed by atoms with Gasteiger partial charge in [-0.25, -0.2) is 0 Å². The monoisotopic (exact) mass is 222 g/mol. The minimum Gasteiger partial charge on any atom is -0.463 e. The molecule has 16 heavy (non-hydrogen) atoms. The third-order valence-electron chi connectivity index (χ3n) is 3.34. The Hall–Kier alpha value is -0.800. The lowest BCUT2D eigenvalue weighted by molar-refractivity contribution is 0.403. The van der Waals surface area contributed by atoms with E-state index in [1.807, 2.05) is 12.1 Å². The van der Waals surface area contributed by atoms with Crippen LogP contribution in [0.15, 0.2) is 16.5 Å². The molecule has 1 fully saturated rings. The van der Waals surface area contributed by atoms with Crippen molar-refractivity contribution in [1.82, 2.24) is 5.32 Å². The van der Waals surface area contributed by atoms with Crippen LogP contribution in [-0.2, 0) is 13.1 Å². The SMILES string of the molecule is NCc1ccc(CNC2CCCCCC2)o1. The van der Waals surface area contributed by atoms with Gasteiger partial charge in [-0.15, -0.1) is 0 Å². The van der Waals surface area contributed by atoms with Crippen molar-refractivity contribution in [3.8, 4) is 0 Å². The van der Waals surface area contributed by atoms with Gasteiger partial charge in [0.15, 0.2) is 0 Å². The van der Waals surface area contributed by atoms with Gasteiger partial charge in [0.05, 0.1) is 13.1 Å². The number of furan rings is 1. The van der Waals surface area contributed by atoms with Crippen molar-refractivity contribution < 1.29 is 4.42 Å². The van der Waals surface area contributed by atoms with Crippen LogP contribution in [0.3, 0.4) is 0 Å². The van der Waals surface area contributed by atoms with E-state index in [-0.39, 0.29) is 0 Å². The van der Waals surface area contributed by atoms with Gasteiger partial charge < -0.3 is 15.5 Å². The molecule has 0 bridgehead atoms. The van der Waals surface area contributed by atoms with Crippen LogP contribution in [0.1, 0.15) is 50.0 Å². The zero-order valence-corrected chi connectivity index (χ0v) is 9.87. The third kappa shape index (κ3) is 3.35. The van der Waals surface area contributed by atoms with Crippen LogP contribution in [0, 0.1) is 0 Å². The molecule has 0 aromatic carbocycles. The summed E-state index contributed by atoms with van der Waals surface area (Å²) >= 11 is 0. The fourth-order valence-electron chi connectivity index (χ4n) is 2.36. The Morgan fingerprint density at radius 3 is 2.44 bits per heavy atom. The van der Waals surface area contributed by atoms with E-state index in [1.54, 1.807) is 0 Å². The van der Waals surface area contributed by atoms with E-state index in [9.17, 15) is 0 Å². The second-order valence-corrected chi connectivity index (χ2v) is 4.64. The van der Waals surface area contributed by atoms with Gasteiger partial charge in [0.25, 0.3) is 0 Å². The van der Waals surface area contributed by atoms with Crippen LogP contribution in [0.4, 0.5) is 0 Å². The van der Waals surface area contributed by atoms with Gasteiger partial charge in [0, 0.05) is 6.04 Å². The summed E-state index contributed by atoms with van der Waals surface area (Å²) in [5.74, 6) is 1.88. The first-order valence-corrected chi connectivity index (χ1v) is 6.39. The Morgan fingerprint density at radius 1 is 1.12 bits per heavy atom. The van der Waals surface area contributed by atoms with E-state index < -0.39 is 0 Å². The van der Waals surface area contributed by atoms with Crippen molar-refractivity contribution in [1.29, 1.82) is 0 Å². The minimum atomic E-state index is 0.490. The molecule has 3 heteroatoms. The molecule has 0 radical (unpaired) electrons. The van der Waals surface area contributed by atoms with E-state index in [1.165, 1.54) is 38.5 Å². The van der Waals surface area contributed by atoms with E-state index in [0.717, 1.165) is 18.1 Å². The Kier molecular flexibility index (Phi) is 4.43. The zero-order valence-electron chi connectivity index (χ0n) is 9.87.